The van der Waals surface area contributed by atoms with Crippen molar-refractivity contribution in [2.75, 3.05) is 0 Å². The summed E-state index contributed by atoms with van der Waals surface area (Å²) in [7, 11) is 0. The van der Waals surface area contributed by atoms with Gasteiger partial charge in [-0.15, -0.1) is 0 Å². The minimum atomic E-state index is 0. The van der Waals surface area contributed by atoms with Crippen molar-refractivity contribution in [3.8, 4) is 0 Å². The van der Waals surface area contributed by atoms with Gasteiger partial charge in [-0.25, -0.2) is 0 Å². The summed E-state index contributed by atoms with van der Waals surface area (Å²) in [6.45, 7) is 0. The quantitative estimate of drug-likeness (QED) is 0.438. The summed E-state index contributed by atoms with van der Waals surface area (Å²) in [6, 6.07) is 12.0. The van der Waals surface area contributed by atoms with E-state index < -0.39 is 0 Å². The molecule has 0 spiro atoms. The number of hydrogen-bond acceptors (Lipinski definition) is 0. The second kappa shape index (κ2) is 16.4. The molecule has 0 aromatic heterocycles. The van der Waals surface area contributed by atoms with Crippen molar-refractivity contribution in [3.63, 3.8) is 0 Å². The van der Waals surface area contributed by atoms with E-state index in [1.165, 1.54) is 0 Å². The molecule has 0 aliphatic carbocycles. The van der Waals surface area contributed by atoms with E-state index in [0.717, 1.165) is 0 Å². The van der Waals surface area contributed by atoms with Crippen LogP contribution in [0, 0.1) is 0 Å². The van der Waals surface area contributed by atoms with E-state index in [0.29, 0.717) is 0 Å². The maximum atomic E-state index is 2.00. The molecular weight excluding hydrogens is 342 g/mol. The van der Waals surface area contributed by atoms with E-state index in [4.69, 9.17) is 0 Å². The minimum Gasteiger partial charge on any atom is -1.00 e. The van der Waals surface area contributed by atoms with Gasteiger partial charge in [-0.05, 0) is 0 Å². The zero-order valence-corrected chi connectivity index (χ0v) is 9.35. The molecule has 1 aromatic carbocycles. The summed E-state index contributed by atoms with van der Waals surface area (Å²) in [5.74, 6) is 0. The van der Waals surface area contributed by atoms with Crippen molar-refractivity contribution >= 4 is 23.9 Å². The zero-order chi connectivity index (χ0) is 4.24. The van der Waals surface area contributed by atoms with Crippen LogP contribution in [0.1, 0.15) is 14.9 Å². The maximum Gasteiger partial charge on any atom is 0 e. The van der Waals surface area contributed by atoms with Crippen LogP contribution in [0.15, 0.2) is 36.4 Å². The van der Waals surface area contributed by atoms with Crippen molar-refractivity contribution in [2.24, 2.45) is 0 Å². The summed E-state index contributed by atoms with van der Waals surface area (Å²) in [6.07, 6.45) is 0. The molecule has 10 heavy (non-hydrogen) atoms. The molecule has 0 nitrogen and oxygen atoms in total. The summed E-state index contributed by atoms with van der Waals surface area (Å²) in [4.78, 5) is 0. The molecule has 2 heteroatoms. The Bertz CT molecular complexity index is 81.2. The standard InChI is InChI=1S/C6H6.2CH4.HI.Sn/c1-2-4-6-5-3-1;;;;/h1-6H;2*1H4;1H;/p-1. The Morgan fingerprint density at radius 3 is 0.700 bits per heavy atom. The second-order valence-electron chi connectivity index (χ2n) is 1.15. The zero-order valence-electron chi connectivity index (χ0n) is 4.34. The van der Waals surface area contributed by atoms with Crippen molar-refractivity contribution in [3.05, 3.63) is 36.4 Å². The fraction of sp³-hybridized carbons (Fsp3) is 0.250. The van der Waals surface area contributed by atoms with Crippen LogP contribution < -0.4 is 24.0 Å². The van der Waals surface area contributed by atoms with Crippen LogP contribution in [0.4, 0.5) is 0 Å². The van der Waals surface area contributed by atoms with Crippen molar-refractivity contribution < 1.29 is 24.0 Å². The molecule has 0 saturated heterocycles. The Hall–Kier alpha value is 0.749. The first-order valence-electron chi connectivity index (χ1n) is 2.00. The molecule has 0 unspecified atom stereocenters. The molecule has 1 aromatic rings. The Labute approximate surface area is 98.4 Å². The molecule has 0 amide bonds. The molecule has 0 fully saturated rings. The third-order valence-electron chi connectivity index (χ3n) is 0.667. The van der Waals surface area contributed by atoms with E-state index in [1.54, 1.807) is 0 Å². The van der Waals surface area contributed by atoms with Crippen LogP contribution in [-0.4, -0.2) is 23.9 Å². The van der Waals surface area contributed by atoms with Gasteiger partial charge in [-0.3, -0.25) is 0 Å². The smallest absolute Gasteiger partial charge is 0 e. The fourth-order valence-corrected chi connectivity index (χ4v) is 0.385. The van der Waals surface area contributed by atoms with Crippen molar-refractivity contribution in [1.29, 1.82) is 0 Å². The Morgan fingerprint density at radius 1 is 0.500 bits per heavy atom. The van der Waals surface area contributed by atoms with E-state index in [1.807, 2.05) is 36.4 Å². The van der Waals surface area contributed by atoms with Crippen LogP contribution in [0.2, 0.25) is 0 Å². The van der Waals surface area contributed by atoms with E-state index in [2.05, 4.69) is 0 Å². The predicted octanol–water partition coefficient (Wildman–Crippen LogP) is -0.418. The van der Waals surface area contributed by atoms with Crippen LogP contribution in [0.5, 0.6) is 0 Å². The molecule has 0 saturated carbocycles. The van der Waals surface area contributed by atoms with Crippen LogP contribution in [0.25, 0.3) is 0 Å². The van der Waals surface area contributed by atoms with Gasteiger partial charge < -0.3 is 24.0 Å². The van der Waals surface area contributed by atoms with Crippen LogP contribution >= 0.6 is 0 Å². The van der Waals surface area contributed by atoms with E-state index in [-0.39, 0.29) is 62.7 Å². The van der Waals surface area contributed by atoms with Gasteiger partial charge in [0.25, 0.3) is 0 Å². The van der Waals surface area contributed by atoms with Gasteiger partial charge in [0, 0.05) is 23.9 Å². The minimum absolute atomic E-state index is 0. The summed E-state index contributed by atoms with van der Waals surface area (Å²) in [5.41, 5.74) is 0. The molecule has 58 valence electrons. The Kier molecular flexibility index (Phi) is 36.7. The van der Waals surface area contributed by atoms with Crippen LogP contribution in [-0.2, 0) is 0 Å². The van der Waals surface area contributed by atoms with Gasteiger partial charge in [-0.1, -0.05) is 51.3 Å². The number of hydrogen-bond donors (Lipinski definition) is 0. The third-order valence-corrected chi connectivity index (χ3v) is 0.667. The van der Waals surface area contributed by atoms with Crippen molar-refractivity contribution in [1.82, 2.24) is 0 Å². The first-order valence-corrected chi connectivity index (χ1v) is 2.00. The van der Waals surface area contributed by atoms with Gasteiger partial charge in [0.2, 0.25) is 0 Å². The summed E-state index contributed by atoms with van der Waals surface area (Å²) in [5, 5.41) is 0. The molecule has 0 bridgehead atoms. The predicted molar refractivity (Wildman–Crippen MR) is 45.7 cm³/mol. The largest absolute Gasteiger partial charge is 1.00 e. The van der Waals surface area contributed by atoms with Crippen LogP contribution in [0.3, 0.4) is 0 Å². The summed E-state index contributed by atoms with van der Waals surface area (Å²) < 4.78 is 0. The Balaban J connectivity index is -0.0000000450. The number of rotatable bonds is 0. The molecule has 0 aliphatic rings. The molecule has 0 atom stereocenters. The summed E-state index contributed by atoms with van der Waals surface area (Å²) >= 11 is 0. The second-order valence-corrected chi connectivity index (χ2v) is 1.15. The number of halogens is 1. The third kappa shape index (κ3) is 11.5. The van der Waals surface area contributed by atoms with E-state index in [9.17, 15) is 0 Å². The first kappa shape index (κ1) is 22.4. The molecule has 1 rings (SSSR count). The topological polar surface area (TPSA) is 0 Å². The van der Waals surface area contributed by atoms with Gasteiger partial charge in [-0.2, -0.15) is 0 Å². The molecular formula is C8H14ISn-. The SMILES string of the molecule is C.C.[I-].[Sn].c1ccccc1. The maximum absolute atomic E-state index is 2.00. The molecule has 0 aliphatic heterocycles. The van der Waals surface area contributed by atoms with Gasteiger partial charge in [0.1, 0.15) is 0 Å². The van der Waals surface area contributed by atoms with Gasteiger partial charge >= 0.3 is 0 Å². The normalized spacial score (nSPS) is 4.80. The average Bonchev–Trinajstić information content (AvgIpc) is 1.72. The number of benzene rings is 1. The average molecular weight is 356 g/mol. The first-order chi connectivity index (χ1) is 3.00. The fourth-order valence-electron chi connectivity index (χ4n) is 0.385. The molecule has 4 radical (unpaired) electrons. The monoisotopic (exact) mass is 357 g/mol. The van der Waals surface area contributed by atoms with Crippen molar-refractivity contribution in [2.45, 2.75) is 14.9 Å². The Morgan fingerprint density at radius 2 is 0.600 bits per heavy atom. The van der Waals surface area contributed by atoms with Gasteiger partial charge in [0.05, 0.1) is 0 Å². The molecule has 0 N–H and O–H groups in total. The van der Waals surface area contributed by atoms with E-state index >= 15 is 0 Å². The molecule has 0 heterocycles. The van der Waals surface area contributed by atoms with Gasteiger partial charge in [0.15, 0.2) is 0 Å².